The molecule has 2 aromatic rings. The van der Waals surface area contributed by atoms with Crippen molar-refractivity contribution in [1.82, 2.24) is 0 Å². The fraction of sp³-hybridized carbons (Fsp3) is 0. The van der Waals surface area contributed by atoms with Crippen molar-refractivity contribution in [3.05, 3.63) is 41.3 Å². The average molecular weight is 219 g/mol. The van der Waals surface area contributed by atoms with E-state index in [1.165, 1.54) is 11.3 Å². The molecule has 0 spiro atoms. The minimum Gasteiger partial charge on any atom is -0.477 e. The van der Waals surface area contributed by atoms with Gasteiger partial charge in [0.1, 0.15) is 4.88 Å². The number of benzene rings is 1. The number of nitrogens with two attached hydrogens (primary N) is 1. The number of hydrogen-bond donors (Lipinski definition) is 2. The zero-order chi connectivity index (χ0) is 10.8. The van der Waals surface area contributed by atoms with Crippen molar-refractivity contribution in [2.45, 2.75) is 0 Å². The van der Waals surface area contributed by atoms with Gasteiger partial charge in [0.15, 0.2) is 0 Å². The van der Waals surface area contributed by atoms with E-state index in [4.69, 9.17) is 10.8 Å². The molecule has 0 aliphatic rings. The molecule has 0 saturated carbocycles. The lowest BCUT2D eigenvalue weighted by atomic mass is 10.2. The molecule has 1 heterocycles. The van der Waals surface area contributed by atoms with Gasteiger partial charge in [0.05, 0.1) is 5.69 Å². The number of rotatable bonds is 2. The fourth-order valence-electron chi connectivity index (χ4n) is 1.32. The van der Waals surface area contributed by atoms with Crippen molar-refractivity contribution in [3.8, 4) is 10.4 Å². The molecule has 0 radical (unpaired) electrons. The Morgan fingerprint density at radius 1 is 1.27 bits per heavy atom. The number of hydrogen-bond acceptors (Lipinski definition) is 3. The van der Waals surface area contributed by atoms with Gasteiger partial charge in [-0.2, -0.15) is 0 Å². The van der Waals surface area contributed by atoms with Gasteiger partial charge < -0.3 is 10.8 Å². The smallest absolute Gasteiger partial charge is 0.348 e. The van der Waals surface area contributed by atoms with Crippen LogP contribution < -0.4 is 5.73 Å². The van der Waals surface area contributed by atoms with Crippen LogP contribution >= 0.6 is 11.3 Å². The monoisotopic (exact) mass is 219 g/mol. The summed E-state index contributed by atoms with van der Waals surface area (Å²) in [4.78, 5) is 11.9. The van der Waals surface area contributed by atoms with Crippen molar-refractivity contribution in [2.24, 2.45) is 0 Å². The SMILES string of the molecule is Nc1cc(-c2ccccc2)sc1C(=O)O. The topological polar surface area (TPSA) is 63.3 Å². The highest BCUT2D eigenvalue weighted by atomic mass is 32.1. The number of thiophene rings is 1. The molecule has 1 aromatic carbocycles. The van der Waals surface area contributed by atoms with Crippen LogP contribution in [0.3, 0.4) is 0 Å². The van der Waals surface area contributed by atoms with Gasteiger partial charge in [0.25, 0.3) is 0 Å². The molecule has 0 saturated heterocycles. The average Bonchev–Trinajstić information content (AvgIpc) is 2.62. The van der Waals surface area contributed by atoms with E-state index < -0.39 is 5.97 Å². The van der Waals surface area contributed by atoms with Crippen LogP contribution in [-0.2, 0) is 0 Å². The Kier molecular flexibility index (Phi) is 2.43. The third-order valence-electron chi connectivity index (χ3n) is 2.01. The molecule has 0 aliphatic carbocycles. The molecule has 0 amide bonds. The van der Waals surface area contributed by atoms with Crippen LogP contribution in [0.25, 0.3) is 10.4 Å². The van der Waals surface area contributed by atoms with E-state index in [1.807, 2.05) is 30.3 Å². The maximum Gasteiger partial charge on any atom is 0.348 e. The van der Waals surface area contributed by atoms with Crippen molar-refractivity contribution < 1.29 is 9.90 Å². The number of carboxylic acid groups (broad SMARTS) is 1. The van der Waals surface area contributed by atoms with Crippen LogP contribution in [0.4, 0.5) is 5.69 Å². The molecule has 2 rings (SSSR count). The van der Waals surface area contributed by atoms with E-state index in [0.717, 1.165) is 10.4 Å². The van der Waals surface area contributed by atoms with E-state index >= 15 is 0 Å². The van der Waals surface area contributed by atoms with Crippen LogP contribution in [0.1, 0.15) is 9.67 Å². The van der Waals surface area contributed by atoms with Gasteiger partial charge in [0, 0.05) is 4.88 Å². The number of anilines is 1. The number of carbonyl (C=O) groups is 1. The number of aromatic carboxylic acids is 1. The predicted octanol–water partition coefficient (Wildman–Crippen LogP) is 2.70. The minimum atomic E-state index is -0.973. The Labute approximate surface area is 90.8 Å². The van der Waals surface area contributed by atoms with Gasteiger partial charge in [-0.3, -0.25) is 0 Å². The summed E-state index contributed by atoms with van der Waals surface area (Å²) in [5, 5.41) is 8.86. The highest BCUT2D eigenvalue weighted by Crippen LogP contribution is 2.32. The molecule has 1 aromatic heterocycles. The predicted molar refractivity (Wildman–Crippen MR) is 61.1 cm³/mol. The second-order valence-corrected chi connectivity index (χ2v) is 4.12. The lowest BCUT2D eigenvalue weighted by Gasteiger charge is -1.93. The molecular weight excluding hydrogens is 210 g/mol. The van der Waals surface area contributed by atoms with E-state index in [9.17, 15) is 4.79 Å². The molecule has 0 aliphatic heterocycles. The molecule has 3 nitrogen and oxygen atoms in total. The van der Waals surface area contributed by atoms with Gasteiger partial charge in [-0.1, -0.05) is 30.3 Å². The standard InChI is InChI=1S/C11H9NO2S/c12-8-6-9(15-10(8)11(13)14)7-4-2-1-3-5-7/h1-6H,12H2,(H,13,14). The Balaban J connectivity index is 2.48. The normalized spacial score (nSPS) is 10.1. The summed E-state index contributed by atoms with van der Waals surface area (Å²) >= 11 is 1.20. The third-order valence-corrected chi connectivity index (χ3v) is 3.20. The van der Waals surface area contributed by atoms with Crippen molar-refractivity contribution in [3.63, 3.8) is 0 Å². The lowest BCUT2D eigenvalue weighted by molar-refractivity contribution is 0.0703. The van der Waals surface area contributed by atoms with Crippen molar-refractivity contribution in [1.29, 1.82) is 0 Å². The molecule has 0 atom stereocenters. The third kappa shape index (κ3) is 1.85. The molecule has 0 fully saturated rings. The number of carboxylic acids is 1. The second kappa shape index (κ2) is 3.74. The summed E-state index contributed by atoms with van der Waals surface area (Å²) in [6, 6.07) is 11.3. The first-order chi connectivity index (χ1) is 7.18. The summed E-state index contributed by atoms with van der Waals surface area (Å²) in [5.74, 6) is -0.973. The Bertz CT molecular complexity index is 491. The molecule has 3 N–H and O–H groups in total. The molecule has 4 heteroatoms. The first kappa shape index (κ1) is 9.73. The van der Waals surface area contributed by atoms with Crippen LogP contribution in [0.5, 0.6) is 0 Å². The Morgan fingerprint density at radius 2 is 1.93 bits per heavy atom. The zero-order valence-corrected chi connectivity index (χ0v) is 8.62. The van der Waals surface area contributed by atoms with Crippen LogP contribution in [-0.4, -0.2) is 11.1 Å². The van der Waals surface area contributed by atoms with E-state index in [1.54, 1.807) is 6.07 Å². The first-order valence-electron chi connectivity index (χ1n) is 4.36. The molecule has 0 bridgehead atoms. The van der Waals surface area contributed by atoms with E-state index in [2.05, 4.69) is 0 Å². The Morgan fingerprint density at radius 3 is 2.47 bits per heavy atom. The van der Waals surface area contributed by atoms with Gasteiger partial charge in [0.2, 0.25) is 0 Å². The first-order valence-corrected chi connectivity index (χ1v) is 5.18. The van der Waals surface area contributed by atoms with Crippen LogP contribution in [0.15, 0.2) is 36.4 Å². The van der Waals surface area contributed by atoms with E-state index in [-0.39, 0.29) is 4.88 Å². The second-order valence-electron chi connectivity index (χ2n) is 3.07. The van der Waals surface area contributed by atoms with Crippen molar-refractivity contribution >= 4 is 23.0 Å². The van der Waals surface area contributed by atoms with Crippen molar-refractivity contribution in [2.75, 3.05) is 5.73 Å². The molecular formula is C11H9NO2S. The molecule has 76 valence electrons. The highest BCUT2D eigenvalue weighted by molar-refractivity contribution is 7.17. The molecule has 0 unspecified atom stereocenters. The molecule has 15 heavy (non-hydrogen) atoms. The maximum absolute atomic E-state index is 10.8. The fourth-order valence-corrected chi connectivity index (χ4v) is 2.24. The van der Waals surface area contributed by atoms with Gasteiger partial charge in [-0.05, 0) is 11.6 Å². The maximum atomic E-state index is 10.8. The summed E-state index contributed by atoms with van der Waals surface area (Å²) in [6.07, 6.45) is 0. The summed E-state index contributed by atoms with van der Waals surface area (Å²) in [5.41, 5.74) is 6.92. The Hall–Kier alpha value is -1.81. The van der Waals surface area contributed by atoms with Gasteiger partial charge in [-0.15, -0.1) is 11.3 Å². The van der Waals surface area contributed by atoms with Crippen LogP contribution in [0.2, 0.25) is 0 Å². The summed E-state index contributed by atoms with van der Waals surface area (Å²) in [6.45, 7) is 0. The highest BCUT2D eigenvalue weighted by Gasteiger charge is 2.13. The summed E-state index contributed by atoms with van der Waals surface area (Å²) in [7, 11) is 0. The van der Waals surface area contributed by atoms with Gasteiger partial charge >= 0.3 is 5.97 Å². The number of nitrogen functional groups attached to an aromatic ring is 1. The summed E-state index contributed by atoms with van der Waals surface area (Å²) < 4.78 is 0. The largest absolute Gasteiger partial charge is 0.477 e. The lowest BCUT2D eigenvalue weighted by Crippen LogP contribution is -1.96. The van der Waals surface area contributed by atoms with E-state index in [0.29, 0.717) is 5.69 Å². The zero-order valence-electron chi connectivity index (χ0n) is 7.81. The minimum absolute atomic E-state index is 0.203. The van der Waals surface area contributed by atoms with Crippen LogP contribution in [0, 0.1) is 0 Å². The van der Waals surface area contributed by atoms with Gasteiger partial charge in [-0.25, -0.2) is 4.79 Å². The quantitative estimate of drug-likeness (QED) is 0.816.